The molecule has 0 bridgehead atoms. The second-order valence-electron chi connectivity index (χ2n) is 3.35. The van der Waals surface area contributed by atoms with Gasteiger partial charge in [0.2, 0.25) is 0 Å². The number of benzene rings is 1. The van der Waals surface area contributed by atoms with Gasteiger partial charge in [-0.2, -0.15) is 0 Å². The van der Waals surface area contributed by atoms with Gasteiger partial charge in [-0.15, -0.1) is 0 Å². The number of nitrogens with two attached hydrogens (primary N) is 3. The van der Waals surface area contributed by atoms with E-state index in [0.29, 0.717) is 6.54 Å². The van der Waals surface area contributed by atoms with Gasteiger partial charge in [0.25, 0.3) is 0 Å². The molecule has 0 aliphatic rings. The van der Waals surface area contributed by atoms with E-state index in [-0.39, 0.29) is 6.04 Å². The Morgan fingerprint density at radius 2 is 1.92 bits per heavy atom. The molecule has 0 saturated heterocycles. The van der Waals surface area contributed by atoms with Crippen LogP contribution in [-0.2, 0) is 0 Å². The minimum atomic E-state index is -0.153. The van der Waals surface area contributed by atoms with Crippen molar-refractivity contribution in [2.45, 2.75) is 19.9 Å². The summed E-state index contributed by atoms with van der Waals surface area (Å²) in [5, 5.41) is 0. The monoisotopic (exact) mass is 179 g/mol. The molecule has 1 aromatic rings. The Kier molecular flexibility index (Phi) is 2.90. The third kappa shape index (κ3) is 1.82. The summed E-state index contributed by atoms with van der Waals surface area (Å²) in [5.74, 6) is 0. The quantitative estimate of drug-likeness (QED) is 0.589. The van der Waals surface area contributed by atoms with E-state index >= 15 is 0 Å². The smallest absolute Gasteiger partial charge is 0.0440 e. The Labute approximate surface area is 78.9 Å². The normalized spacial score (nSPS) is 12.9. The molecule has 0 unspecified atom stereocenters. The highest BCUT2D eigenvalue weighted by Gasteiger charge is 2.09. The first-order valence-electron chi connectivity index (χ1n) is 4.39. The average Bonchev–Trinajstić information content (AvgIpc) is 2.13. The fourth-order valence-corrected chi connectivity index (χ4v) is 1.31. The van der Waals surface area contributed by atoms with Crippen LogP contribution in [0.25, 0.3) is 0 Å². The molecule has 0 aliphatic heterocycles. The van der Waals surface area contributed by atoms with E-state index in [9.17, 15) is 0 Å². The van der Waals surface area contributed by atoms with Crippen molar-refractivity contribution in [1.82, 2.24) is 0 Å². The summed E-state index contributed by atoms with van der Waals surface area (Å²) in [6, 6.07) is 3.82. The molecule has 0 saturated carbocycles. The lowest BCUT2D eigenvalue weighted by Crippen LogP contribution is -2.22. The predicted molar refractivity (Wildman–Crippen MR) is 56.3 cm³/mol. The van der Waals surface area contributed by atoms with Gasteiger partial charge < -0.3 is 17.2 Å². The molecule has 1 rings (SSSR count). The van der Waals surface area contributed by atoms with E-state index < -0.39 is 0 Å². The number of rotatable bonds is 2. The van der Waals surface area contributed by atoms with E-state index in [2.05, 4.69) is 0 Å². The molecule has 0 radical (unpaired) electrons. The van der Waals surface area contributed by atoms with Gasteiger partial charge >= 0.3 is 0 Å². The molecule has 0 aromatic heterocycles. The van der Waals surface area contributed by atoms with Gasteiger partial charge in [0.05, 0.1) is 0 Å². The maximum absolute atomic E-state index is 5.92. The van der Waals surface area contributed by atoms with Gasteiger partial charge in [-0.1, -0.05) is 12.1 Å². The Morgan fingerprint density at radius 3 is 2.46 bits per heavy atom. The SMILES string of the molecule is Cc1ccc([C@@H](N)CN)c(N)c1C. The molecule has 1 aromatic carbocycles. The number of hydrogen-bond donors (Lipinski definition) is 3. The van der Waals surface area contributed by atoms with Crippen LogP contribution >= 0.6 is 0 Å². The Bertz CT molecular complexity index is 307. The minimum absolute atomic E-state index is 0.153. The minimum Gasteiger partial charge on any atom is -0.398 e. The molecule has 6 N–H and O–H groups in total. The van der Waals surface area contributed by atoms with Gasteiger partial charge in [0.15, 0.2) is 0 Å². The fraction of sp³-hybridized carbons (Fsp3) is 0.400. The van der Waals surface area contributed by atoms with Crippen LogP contribution in [-0.4, -0.2) is 6.54 Å². The zero-order valence-electron chi connectivity index (χ0n) is 8.17. The fourth-order valence-electron chi connectivity index (χ4n) is 1.31. The highest BCUT2D eigenvalue weighted by molar-refractivity contribution is 5.57. The maximum Gasteiger partial charge on any atom is 0.0440 e. The lowest BCUT2D eigenvalue weighted by molar-refractivity contribution is 0.738. The van der Waals surface area contributed by atoms with Crippen molar-refractivity contribution in [2.24, 2.45) is 11.5 Å². The third-order valence-electron chi connectivity index (χ3n) is 2.47. The molecule has 3 nitrogen and oxygen atoms in total. The van der Waals surface area contributed by atoms with Gasteiger partial charge in [-0.05, 0) is 30.5 Å². The van der Waals surface area contributed by atoms with E-state index in [1.165, 1.54) is 5.56 Å². The summed E-state index contributed by atoms with van der Waals surface area (Å²) in [6.07, 6.45) is 0. The standard InChI is InChI=1S/C10H17N3/c1-6-3-4-8(9(12)5-11)10(13)7(6)2/h3-4,9H,5,11-13H2,1-2H3/t9-/m0/s1. The van der Waals surface area contributed by atoms with Crippen molar-refractivity contribution in [3.63, 3.8) is 0 Å². The summed E-state index contributed by atoms with van der Waals surface area (Å²) in [6.45, 7) is 4.45. The molecule has 0 aliphatic carbocycles. The van der Waals surface area contributed by atoms with Crippen molar-refractivity contribution in [2.75, 3.05) is 12.3 Å². The zero-order valence-corrected chi connectivity index (χ0v) is 8.17. The lowest BCUT2D eigenvalue weighted by atomic mass is 9.99. The highest BCUT2D eigenvalue weighted by atomic mass is 14.7. The van der Waals surface area contributed by atoms with Crippen LogP contribution in [0.15, 0.2) is 12.1 Å². The van der Waals surface area contributed by atoms with E-state index in [1.54, 1.807) is 0 Å². The van der Waals surface area contributed by atoms with E-state index in [0.717, 1.165) is 16.8 Å². The number of aryl methyl sites for hydroxylation is 1. The summed E-state index contributed by atoms with van der Waals surface area (Å²) >= 11 is 0. The van der Waals surface area contributed by atoms with Crippen molar-refractivity contribution in [1.29, 1.82) is 0 Å². The molecule has 1 atom stereocenters. The summed E-state index contributed by atoms with van der Waals surface area (Å²) in [7, 11) is 0. The van der Waals surface area contributed by atoms with Gasteiger partial charge in [0.1, 0.15) is 0 Å². The molecule has 0 amide bonds. The van der Waals surface area contributed by atoms with Crippen LogP contribution in [0.5, 0.6) is 0 Å². The predicted octanol–water partition coefficient (Wildman–Crippen LogP) is 0.844. The van der Waals surface area contributed by atoms with Crippen molar-refractivity contribution >= 4 is 5.69 Å². The summed E-state index contributed by atoms with van der Waals surface area (Å²) < 4.78 is 0. The number of nitrogen functional groups attached to an aromatic ring is 1. The second-order valence-corrected chi connectivity index (χ2v) is 3.35. The number of hydrogen-bond acceptors (Lipinski definition) is 3. The molecular weight excluding hydrogens is 162 g/mol. The van der Waals surface area contributed by atoms with Crippen LogP contribution in [0.2, 0.25) is 0 Å². The lowest BCUT2D eigenvalue weighted by Gasteiger charge is -2.15. The Hall–Kier alpha value is -1.06. The highest BCUT2D eigenvalue weighted by Crippen LogP contribution is 2.24. The Morgan fingerprint density at radius 1 is 1.31 bits per heavy atom. The first-order valence-corrected chi connectivity index (χ1v) is 4.39. The van der Waals surface area contributed by atoms with Gasteiger partial charge in [-0.25, -0.2) is 0 Å². The van der Waals surface area contributed by atoms with Crippen molar-refractivity contribution < 1.29 is 0 Å². The first-order chi connectivity index (χ1) is 6.07. The molecular formula is C10H17N3. The van der Waals surface area contributed by atoms with Crippen molar-refractivity contribution in [3.05, 3.63) is 28.8 Å². The maximum atomic E-state index is 5.92. The molecule has 72 valence electrons. The molecule has 0 heterocycles. The third-order valence-corrected chi connectivity index (χ3v) is 2.47. The van der Waals surface area contributed by atoms with Crippen LogP contribution in [0, 0.1) is 13.8 Å². The summed E-state index contributed by atoms with van der Waals surface area (Å²) in [5.41, 5.74) is 21.2. The zero-order chi connectivity index (χ0) is 10.0. The molecule has 0 spiro atoms. The largest absolute Gasteiger partial charge is 0.398 e. The molecule has 13 heavy (non-hydrogen) atoms. The summed E-state index contributed by atoms with van der Waals surface area (Å²) in [4.78, 5) is 0. The second kappa shape index (κ2) is 3.77. The Balaban J connectivity index is 3.18. The van der Waals surface area contributed by atoms with Gasteiger partial charge in [0, 0.05) is 18.3 Å². The molecule has 3 heteroatoms. The first kappa shape index (κ1) is 10.0. The average molecular weight is 179 g/mol. The van der Waals surface area contributed by atoms with Crippen LogP contribution < -0.4 is 17.2 Å². The molecule has 0 fully saturated rings. The van der Waals surface area contributed by atoms with Crippen LogP contribution in [0.4, 0.5) is 5.69 Å². The van der Waals surface area contributed by atoms with Crippen molar-refractivity contribution in [3.8, 4) is 0 Å². The van der Waals surface area contributed by atoms with Crippen LogP contribution in [0.1, 0.15) is 22.7 Å². The topological polar surface area (TPSA) is 78.1 Å². The number of anilines is 1. The van der Waals surface area contributed by atoms with E-state index in [4.69, 9.17) is 17.2 Å². The van der Waals surface area contributed by atoms with E-state index in [1.807, 2.05) is 26.0 Å². The van der Waals surface area contributed by atoms with Crippen LogP contribution in [0.3, 0.4) is 0 Å². The van der Waals surface area contributed by atoms with Gasteiger partial charge in [-0.3, -0.25) is 0 Å².